The van der Waals surface area contributed by atoms with Gasteiger partial charge in [-0.2, -0.15) is 0 Å². The molecule has 0 bridgehead atoms. The maximum Gasteiger partial charge on any atom is 0.163 e. The summed E-state index contributed by atoms with van der Waals surface area (Å²) >= 11 is 0. The SMILES string of the molecule is [CH2][C@H]1COC(C)(C)O1. The monoisotopic (exact) mass is 115 g/mol. The van der Waals surface area contributed by atoms with E-state index in [9.17, 15) is 0 Å². The van der Waals surface area contributed by atoms with Crippen LogP contribution in [0.3, 0.4) is 0 Å². The third-order valence-electron chi connectivity index (χ3n) is 1.07. The molecular weight excluding hydrogens is 104 g/mol. The largest absolute Gasteiger partial charge is 0.348 e. The first kappa shape index (κ1) is 6.05. The first-order valence-corrected chi connectivity index (χ1v) is 2.75. The zero-order chi connectivity index (χ0) is 6.20. The molecule has 1 atom stereocenters. The molecule has 1 saturated heterocycles. The van der Waals surface area contributed by atoms with Gasteiger partial charge >= 0.3 is 0 Å². The Hall–Kier alpha value is -0.0800. The summed E-state index contributed by atoms with van der Waals surface area (Å²) in [5.74, 6) is -0.396. The fourth-order valence-corrected chi connectivity index (χ4v) is 0.763. The van der Waals surface area contributed by atoms with Gasteiger partial charge in [0.2, 0.25) is 0 Å². The minimum atomic E-state index is -0.396. The summed E-state index contributed by atoms with van der Waals surface area (Å²) in [6.07, 6.45) is 0.0185. The molecule has 0 spiro atoms. The van der Waals surface area contributed by atoms with Gasteiger partial charge in [0, 0.05) is 0 Å². The smallest absolute Gasteiger partial charge is 0.163 e. The molecule has 0 aromatic rings. The molecule has 1 aliphatic heterocycles. The van der Waals surface area contributed by atoms with Crippen molar-refractivity contribution in [3.05, 3.63) is 6.92 Å². The summed E-state index contributed by atoms with van der Waals surface area (Å²) in [7, 11) is 0. The van der Waals surface area contributed by atoms with Gasteiger partial charge in [-0.3, -0.25) is 0 Å². The maximum absolute atomic E-state index is 5.22. The standard InChI is InChI=1S/C6H11O2/c1-5-4-7-6(2,3)8-5/h5H,1,4H2,2-3H3/t5-/m0/s1. The fraction of sp³-hybridized carbons (Fsp3) is 0.833. The Morgan fingerprint density at radius 2 is 2.25 bits per heavy atom. The van der Waals surface area contributed by atoms with Crippen LogP contribution in [-0.4, -0.2) is 18.5 Å². The van der Waals surface area contributed by atoms with Crippen LogP contribution in [0.1, 0.15) is 13.8 Å². The predicted molar refractivity (Wildman–Crippen MR) is 30.3 cm³/mol. The van der Waals surface area contributed by atoms with Gasteiger partial charge in [-0.15, -0.1) is 0 Å². The van der Waals surface area contributed by atoms with Crippen LogP contribution in [0.5, 0.6) is 0 Å². The Labute approximate surface area is 49.8 Å². The van der Waals surface area contributed by atoms with E-state index in [0.717, 1.165) is 0 Å². The number of rotatable bonds is 0. The number of hydrogen-bond donors (Lipinski definition) is 0. The summed E-state index contributed by atoms with van der Waals surface area (Å²) in [6, 6.07) is 0. The van der Waals surface area contributed by atoms with Gasteiger partial charge in [0.15, 0.2) is 5.79 Å². The Bertz CT molecular complexity index is 88.5. The predicted octanol–water partition coefficient (Wildman–Crippen LogP) is 0.972. The Balaban J connectivity index is 2.44. The molecule has 0 saturated carbocycles. The lowest BCUT2D eigenvalue weighted by molar-refractivity contribution is -0.133. The van der Waals surface area contributed by atoms with Gasteiger partial charge in [-0.25, -0.2) is 0 Å². The van der Waals surface area contributed by atoms with Gasteiger partial charge in [0.05, 0.1) is 12.7 Å². The summed E-state index contributed by atoms with van der Waals surface area (Å²) < 4.78 is 10.4. The second-order valence-electron chi connectivity index (χ2n) is 2.45. The summed E-state index contributed by atoms with van der Waals surface area (Å²) in [5.41, 5.74) is 0. The van der Waals surface area contributed by atoms with E-state index in [1.54, 1.807) is 0 Å². The van der Waals surface area contributed by atoms with Gasteiger partial charge in [-0.05, 0) is 20.8 Å². The molecule has 0 aliphatic carbocycles. The zero-order valence-electron chi connectivity index (χ0n) is 5.31. The van der Waals surface area contributed by atoms with Crippen LogP contribution < -0.4 is 0 Å². The average Bonchev–Trinajstić information content (AvgIpc) is 1.82. The highest BCUT2D eigenvalue weighted by Gasteiger charge is 2.29. The van der Waals surface area contributed by atoms with E-state index < -0.39 is 5.79 Å². The van der Waals surface area contributed by atoms with Crippen molar-refractivity contribution in [3.8, 4) is 0 Å². The molecule has 2 nitrogen and oxygen atoms in total. The van der Waals surface area contributed by atoms with Crippen LogP contribution in [0, 0.1) is 6.92 Å². The molecule has 0 unspecified atom stereocenters. The van der Waals surface area contributed by atoms with Gasteiger partial charge in [0.25, 0.3) is 0 Å². The van der Waals surface area contributed by atoms with Crippen molar-refractivity contribution in [1.29, 1.82) is 0 Å². The second-order valence-corrected chi connectivity index (χ2v) is 2.45. The van der Waals surface area contributed by atoms with E-state index in [2.05, 4.69) is 6.92 Å². The van der Waals surface area contributed by atoms with E-state index in [1.807, 2.05) is 13.8 Å². The molecule has 0 aromatic heterocycles. The van der Waals surface area contributed by atoms with Gasteiger partial charge in [0.1, 0.15) is 0 Å². The third-order valence-corrected chi connectivity index (χ3v) is 1.07. The summed E-state index contributed by atoms with van der Waals surface area (Å²) in [5, 5.41) is 0. The number of hydrogen-bond acceptors (Lipinski definition) is 2. The van der Waals surface area contributed by atoms with Crippen LogP contribution in [0.4, 0.5) is 0 Å². The van der Waals surface area contributed by atoms with E-state index in [0.29, 0.717) is 6.61 Å². The fourth-order valence-electron chi connectivity index (χ4n) is 0.763. The molecule has 1 heterocycles. The third kappa shape index (κ3) is 1.20. The van der Waals surface area contributed by atoms with Crippen LogP contribution in [-0.2, 0) is 9.47 Å². The maximum atomic E-state index is 5.22. The van der Waals surface area contributed by atoms with Gasteiger partial charge in [-0.1, -0.05) is 0 Å². The van der Waals surface area contributed by atoms with E-state index >= 15 is 0 Å². The molecular formula is C6H11O2. The van der Waals surface area contributed by atoms with Crippen LogP contribution in [0.2, 0.25) is 0 Å². The highest BCUT2D eigenvalue weighted by molar-refractivity contribution is 4.71. The molecule has 1 rings (SSSR count). The van der Waals surface area contributed by atoms with Crippen molar-refractivity contribution in [2.75, 3.05) is 6.61 Å². The first-order chi connectivity index (χ1) is 3.60. The molecule has 0 amide bonds. The van der Waals surface area contributed by atoms with E-state index in [-0.39, 0.29) is 6.10 Å². The Morgan fingerprint density at radius 1 is 1.62 bits per heavy atom. The topological polar surface area (TPSA) is 18.5 Å². The van der Waals surface area contributed by atoms with Crippen LogP contribution in [0.15, 0.2) is 0 Å². The van der Waals surface area contributed by atoms with Crippen molar-refractivity contribution in [3.63, 3.8) is 0 Å². The van der Waals surface area contributed by atoms with E-state index in [4.69, 9.17) is 9.47 Å². The minimum Gasteiger partial charge on any atom is -0.348 e. The van der Waals surface area contributed by atoms with Crippen molar-refractivity contribution >= 4 is 0 Å². The molecule has 1 radical (unpaired) electrons. The highest BCUT2D eigenvalue weighted by atomic mass is 16.7. The molecule has 1 fully saturated rings. The van der Waals surface area contributed by atoms with Gasteiger partial charge < -0.3 is 9.47 Å². The Morgan fingerprint density at radius 3 is 2.38 bits per heavy atom. The molecule has 2 heteroatoms. The zero-order valence-corrected chi connectivity index (χ0v) is 5.31. The Kier molecular flexibility index (Phi) is 1.29. The highest BCUT2D eigenvalue weighted by Crippen LogP contribution is 2.20. The first-order valence-electron chi connectivity index (χ1n) is 2.75. The second kappa shape index (κ2) is 1.71. The quantitative estimate of drug-likeness (QED) is 0.468. The van der Waals surface area contributed by atoms with Crippen LogP contribution >= 0.6 is 0 Å². The lowest BCUT2D eigenvalue weighted by Gasteiger charge is -2.15. The van der Waals surface area contributed by atoms with Crippen molar-refractivity contribution in [1.82, 2.24) is 0 Å². The average molecular weight is 115 g/mol. The summed E-state index contributed by atoms with van der Waals surface area (Å²) in [6.45, 7) is 8.08. The molecule has 0 N–H and O–H groups in total. The number of ether oxygens (including phenoxy) is 2. The minimum absolute atomic E-state index is 0.0185. The molecule has 47 valence electrons. The molecule has 1 aliphatic rings. The molecule has 8 heavy (non-hydrogen) atoms. The van der Waals surface area contributed by atoms with Crippen molar-refractivity contribution in [2.45, 2.75) is 25.7 Å². The summed E-state index contributed by atoms with van der Waals surface area (Å²) in [4.78, 5) is 0. The van der Waals surface area contributed by atoms with Crippen LogP contribution in [0.25, 0.3) is 0 Å². The van der Waals surface area contributed by atoms with Crippen molar-refractivity contribution < 1.29 is 9.47 Å². The molecule has 0 aromatic carbocycles. The lowest BCUT2D eigenvalue weighted by Crippen LogP contribution is -2.20. The normalized spacial score (nSPS) is 35.6. The van der Waals surface area contributed by atoms with E-state index in [1.165, 1.54) is 0 Å². The van der Waals surface area contributed by atoms with Crippen molar-refractivity contribution in [2.24, 2.45) is 0 Å². The lowest BCUT2D eigenvalue weighted by atomic mass is 10.4.